The Balaban J connectivity index is 1.41. The Bertz CT molecular complexity index is 977. The first kappa shape index (κ1) is 21.5. The van der Waals surface area contributed by atoms with Crippen LogP contribution >= 0.6 is 11.3 Å². The first-order valence-electron chi connectivity index (χ1n) is 10.4. The van der Waals surface area contributed by atoms with Crippen LogP contribution in [0.15, 0.2) is 24.3 Å². The molecule has 0 amide bonds. The van der Waals surface area contributed by atoms with Gasteiger partial charge in [-0.1, -0.05) is 11.3 Å². The van der Waals surface area contributed by atoms with Crippen LogP contribution in [0, 0.1) is 0 Å². The molecule has 1 fully saturated rings. The number of benzene rings is 1. The lowest BCUT2D eigenvalue weighted by molar-refractivity contribution is 0.281. The van der Waals surface area contributed by atoms with Crippen molar-refractivity contribution in [2.45, 2.75) is 6.42 Å². The molecule has 4 rings (SSSR count). The molecule has 1 saturated heterocycles. The van der Waals surface area contributed by atoms with E-state index in [2.05, 4.69) is 56.1 Å². The molecular formula is C20H29N9OS. The number of likely N-dealkylation sites (N-methyl/N-ethyl adjacent to an activating group) is 1. The van der Waals surface area contributed by atoms with Crippen LogP contribution in [0.4, 0.5) is 11.9 Å². The maximum atomic E-state index is 6.12. The van der Waals surface area contributed by atoms with Crippen LogP contribution in [-0.4, -0.2) is 95.2 Å². The van der Waals surface area contributed by atoms with E-state index in [4.69, 9.17) is 10.5 Å². The van der Waals surface area contributed by atoms with Gasteiger partial charge >= 0.3 is 0 Å². The summed E-state index contributed by atoms with van der Waals surface area (Å²) in [6.45, 7) is 5.42. The van der Waals surface area contributed by atoms with Crippen molar-refractivity contribution in [1.29, 1.82) is 0 Å². The van der Waals surface area contributed by atoms with Crippen molar-refractivity contribution >= 4 is 23.2 Å². The Morgan fingerprint density at radius 2 is 1.84 bits per heavy atom. The van der Waals surface area contributed by atoms with E-state index in [0.29, 0.717) is 23.6 Å². The van der Waals surface area contributed by atoms with Gasteiger partial charge in [-0.05, 0) is 51.8 Å². The monoisotopic (exact) mass is 443 g/mol. The van der Waals surface area contributed by atoms with Gasteiger partial charge in [0.1, 0.15) is 10.8 Å². The van der Waals surface area contributed by atoms with E-state index in [0.717, 1.165) is 55.5 Å². The molecule has 1 aliphatic heterocycles. The maximum absolute atomic E-state index is 6.12. The van der Waals surface area contributed by atoms with Crippen molar-refractivity contribution < 1.29 is 4.74 Å². The van der Waals surface area contributed by atoms with Crippen LogP contribution in [0.1, 0.15) is 6.42 Å². The van der Waals surface area contributed by atoms with Gasteiger partial charge in [-0.15, -0.1) is 15.3 Å². The molecule has 0 unspecified atom stereocenters. The third-order valence-electron chi connectivity index (χ3n) is 5.12. The molecule has 166 valence electrons. The number of nitrogens with zero attached hydrogens (tertiary/aromatic N) is 8. The van der Waals surface area contributed by atoms with E-state index in [1.165, 1.54) is 11.3 Å². The molecular weight excluding hydrogens is 414 g/mol. The second-order valence-electron chi connectivity index (χ2n) is 7.89. The standard InChI is InChI=1S/C20H29N9OS/c1-26(2)9-4-14-30-16-7-5-15(6-8-16)17-23-24-20(31-17)29-18(21)22-19(25-29)28-12-10-27(3)11-13-28/h5-8H,4,9-14H2,1-3H3,(H2,21,22,25). The Morgan fingerprint density at radius 1 is 1.10 bits per heavy atom. The van der Waals surface area contributed by atoms with Crippen LogP contribution in [-0.2, 0) is 0 Å². The molecule has 2 N–H and O–H groups in total. The Hall–Kier alpha value is -2.76. The van der Waals surface area contributed by atoms with E-state index in [-0.39, 0.29) is 0 Å². The minimum Gasteiger partial charge on any atom is -0.494 e. The molecule has 11 heteroatoms. The number of rotatable bonds is 8. The van der Waals surface area contributed by atoms with Gasteiger partial charge < -0.3 is 25.2 Å². The van der Waals surface area contributed by atoms with Gasteiger partial charge in [0, 0.05) is 38.3 Å². The number of piperazine rings is 1. The highest BCUT2D eigenvalue weighted by Gasteiger charge is 2.21. The van der Waals surface area contributed by atoms with Gasteiger partial charge in [0.25, 0.3) is 0 Å². The van der Waals surface area contributed by atoms with Crippen molar-refractivity contribution in [1.82, 2.24) is 34.8 Å². The van der Waals surface area contributed by atoms with E-state index in [1.807, 2.05) is 24.3 Å². The minimum absolute atomic E-state index is 0.318. The van der Waals surface area contributed by atoms with Gasteiger partial charge in [-0.25, -0.2) is 0 Å². The smallest absolute Gasteiger partial charge is 0.247 e. The molecule has 1 aromatic carbocycles. The summed E-state index contributed by atoms with van der Waals surface area (Å²) in [5.74, 6) is 1.81. The Morgan fingerprint density at radius 3 is 2.55 bits per heavy atom. The topological polar surface area (TPSA) is 101 Å². The molecule has 3 aromatic rings. The molecule has 0 aliphatic carbocycles. The Kier molecular flexibility index (Phi) is 6.64. The zero-order valence-electron chi connectivity index (χ0n) is 18.2. The van der Waals surface area contributed by atoms with Crippen molar-refractivity contribution in [3.63, 3.8) is 0 Å². The fourth-order valence-electron chi connectivity index (χ4n) is 3.28. The quantitative estimate of drug-likeness (QED) is 0.518. The number of nitrogen functional groups attached to an aromatic ring is 1. The molecule has 0 radical (unpaired) electrons. The second-order valence-corrected chi connectivity index (χ2v) is 8.85. The largest absolute Gasteiger partial charge is 0.494 e. The van der Waals surface area contributed by atoms with Crippen LogP contribution in [0.25, 0.3) is 15.7 Å². The minimum atomic E-state index is 0.318. The number of hydrogen-bond donors (Lipinski definition) is 1. The molecule has 0 saturated carbocycles. The van der Waals surface area contributed by atoms with E-state index in [1.54, 1.807) is 4.68 Å². The maximum Gasteiger partial charge on any atom is 0.247 e. The predicted molar refractivity (Wildman–Crippen MR) is 123 cm³/mol. The van der Waals surface area contributed by atoms with Gasteiger partial charge in [0.05, 0.1) is 6.61 Å². The highest BCUT2D eigenvalue weighted by atomic mass is 32.1. The number of ether oxygens (including phenoxy) is 1. The zero-order chi connectivity index (χ0) is 21.8. The van der Waals surface area contributed by atoms with Crippen LogP contribution in [0.3, 0.4) is 0 Å². The molecule has 31 heavy (non-hydrogen) atoms. The van der Waals surface area contributed by atoms with Crippen LogP contribution in [0.2, 0.25) is 0 Å². The number of hydrogen-bond acceptors (Lipinski definition) is 10. The number of anilines is 2. The Labute approximate surface area is 186 Å². The van der Waals surface area contributed by atoms with Gasteiger partial charge in [0.2, 0.25) is 17.0 Å². The van der Waals surface area contributed by atoms with E-state index < -0.39 is 0 Å². The van der Waals surface area contributed by atoms with Crippen LogP contribution in [0.5, 0.6) is 5.75 Å². The molecule has 0 atom stereocenters. The fraction of sp³-hybridized carbons (Fsp3) is 0.500. The number of aromatic nitrogens is 5. The SMILES string of the molecule is CN(C)CCCOc1ccc(-c2nnc(-n3nc(N4CCN(C)CC4)nc3N)s2)cc1. The summed E-state index contributed by atoms with van der Waals surface area (Å²) in [5.41, 5.74) is 7.10. The molecule has 10 nitrogen and oxygen atoms in total. The first-order valence-corrected chi connectivity index (χ1v) is 11.2. The molecule has 0 spiro atoms. The zero-order valence-corrected chi connectivity index (χ0v) is 19.0. The van der Waals surface area contributed by atoms with Crippen molar-refractivity contribution in [2.75, 3.05) is 71.1 Å². The van der Waals surface area contributed by atoms with E-state index >= 15 is 0 Å². The summed E-state index contributed by atoms with van der Waals surface area (Å²) in [5, 5.41) is 14.6. The first-order chi connectivity index (χ1) is 15.0. The van der Waals surface area contributed by atoms with Gasteiger partial charge in [-0.2, -0.15) is 9.67 Å². The third kappa shape index (κ3) is 5.30. The van der Waals surface area contributed by atoms with E-state index in [9.17, 15) is 0 Å². The summed E-state index contributed by atoms with van der Waals surface area (Å²) in [7, 11) is 6.24. The lowest BCUT2D eigenvalue weighted by Crippen LogP contribution is -2.45. The lowest BCUT2D eigenvalue weighted by atomic mass is 10.2. The molecule has 1 aliphatic rings. The third-order valence-corrected chi connectivity index (χ3v) is 6.07. The van der Waals surface area contributed by atoms with Crippen LogP contribution < -0.4 is 15.4 Å². The summed E-state index contributed by atoms with van der Waals surface area (Å²) < 4.78 is 7.37. The fourth-order valence-corrected chi connectivity index (χ4v) is 4.09. The summed E-state index contributed by atoms with van der Waals surface area (Å²) >= 11 is 1.43. The average Bonchev–Trinajstić information content (AvgIpc) is 3.39. The van der Waals surface area contributed by atoms with Crippen molar-refractivity contribution in [2.24, 2.45) is 0 Å². The number of nitrogens with two attached hydrogens (primary N) is 1. The van der Waals surface area contributed by atoms with Crippen molar-refractivity contribution in [3.8, 4) is 21.5 Å². The normalized spacial score (nSPS) is 15.0. The summed E-state index contributed by atoms with van der Waals surface area (Å²) in [6, 6.07) is 7.90. The summed E-state index contributed by atoms with van der Waals surface area (Å²) in [6.07, 6.45) is 0.990. The molecule has 2 aromatic heterocycles. The average molecular weight is 444 g/mol. The van der Waals surface area contributed by atoms with Crippen molar-refractivity contribution in [3.05, 3.63) is 24.3 Å². The van der Waals surface area contributed by atoms with Gasteiger partial charge in [0.15, 0.2) is 0 Å². The summed E-state index contributed by atoms with van der Waals surface area (Å²) in [4.78, 5) is 11.0. The second kappa shape index (κ2) is 9.58. The van der Waals surface area contributed by atoms with Gasteiger partial charge in [-0.3, -0.25) is 0 Å². The highest BCUT2D eigenvalue weighted by molar-refractivity contribution is 7.17. The molecule has 3 heterocycles. The molecule has 0 bridgehead atoms. The predicted octanol–water partition coefficient (Wildman–Crippen LogP) is 1.45. The lowest BCUT2D eigenvalue weighted by Gasteiger charge is -2.31. The highest BCUT2D eigenvalue weighted by Crippen LogP contribution is 2.28.